The van der Waals surface area contributed by atoms with Crippen molar-refractivity contribution in [1.82, 2.24) is 4.90 Å². The number of carboxylic acids is 1. The van der Waals surface area contributed by atoms with Gasteiger partial charge in [-0.05, 0) is 13.3 Å². The van der Waals surface area contributed by atoms with Crippen LogP contribution in [0.25, 0.3) is 0 Å². The average Bonchev–Trinajstić information content (AvgIpc) is 2.36. The number of carbonyl (C=O) groups excluding carboxylic acids is 1. The first-order valence-corrected chi connectivity index (χ1v) is 7.20. The first-order chi connectivity index (χ1) is 8.91. The number of fused-ring (bicyclic) bond motifs is 1. The second kappa shape index (κ2) is 4.88. The molecule has 1 amide bonds. The summed E-state index contributed by atoms with van der Waals surface area (Å²) in [5.74, 6) is -0.0430. The number of rotatable bonds is 4. The van der Waals surface area contributed by atoms with E-state index < -0.39 is 18.1 Å². The summed E-state index contributed by atoms with van der Waals surface area (Å²) in [5.41, 5.74) is -0.347. The number of hydrogen-bond donors (Lipinski definition) is 1. The first kappa shape index (κ1) is 14.5. The molecule has 0 aromatic rings. The van der Waals surface area contributed by atoms with Gasteiger partial charge >= 0.3 is 5.97 Å². The van der Waals surface area contributed by atoms with Crippen LogP contribution in [0.3, 0.4) is 0 Å². The fourth-order valence-electron chi connectivity index (χ4n) is 3.72. The predicted molar refractivity (Wildman–Crippen MR) is 73.5 cm³/mol. The SMILES string of the molecule is CCC[C@@]12C(C)OC1C(C(=O)O)N(C=P)C(=O)C2C. The van der Waals surface area contributed by atoms with E-state index in [1.807, 2.05) is 20.8 Å². The topological polar surface area (TPSA) is 66.8 Å². The van der Waals surface area contributed by atoms with E-state index in [2.05, 4.69) is 8.86 Å². The van der Waals surface area contributed by atoms with Crippen molar-refractivity contribution < 1.29 is 19.4 Å². The third-order valence-electron chi connectivity index (χ3n) is 4.73. The normalized spacial score (nSPS) is 41.4. The average molecular weight is 285 g/mol. The fraction of sp³-hybridized carbons (Fsp3) is 0.769. The number of piperidine rings is 1. The van der Waals surface area contributed by atoms with E-state index in [4.69, 9.17) is 4.74 Å². The maximum absolute atomic E-state index is 12.4. The lowest BCUT2D eigenvalue weighted by Crippen LogP contribution is -2.76. The van der Waals surface area contributed by atoms with Crippen molar-refractivity contribution in [2.45, 2.75) is 51.9 Å². The van der Waals surface area contributed by atoms with E-state index >= 15 is 0 Å². The molecule has 0 aliphatic carbocycles. The second-order valence-corrected chi connectivity index (χ2v) is 5.70. The number of amides is 1. The van der Waals surface area contributed by atoms with Gasteiger partial charge < -0.3 is 9.84 Å². The highest BCUT2D eigenvalue weighted by Gasteiger charge is 2.67. The van der Waals surface area contributed by atoms with Gasteiger partial charge in [0.2, 0.25) is 5.91 Å². The first-order valence-electron chi connectivity index (χ1n) is 6.62. The Morgan fingerprint density at radius 2 is 2.21 bits per heavy atom. The quantitative estimate of drug-likeness (QED) is 0.793. The zero-order valence-corrected chi connectivity index (χ0v) is 12.4. The van der Waals surface area contributed by atoms with Crippen LogP contribution in [0.4, 0.5) is 0 Å². The van der Waals surface area contributed by atoms with Crippen LogP contribution in [-0.2, 0) is 14.3 Å². The maximum atomic E-state index is 12.4. The smallest absolute Gasteiger partial charge is 0.329 e. The zero-order valence-electron chi connectivity index (χ0n) is 11.4. The van der Waals surface area contributed by atoms with Gasteiger partial charge in [0.1, 0.15) is 0 Å². The van der Waals surface area contributed by atoms with Crippen LogP contribution in [0.1, 0.15) is 33.6 Å². The van der Waals surface area contributed by atoms with Crippen molar-refractivity contribution in [3.63, 3.8) is 0 Å². The molecule has 5 nitrogen and oxygen atoms in total. The number of hydrogen-bond acceptors (Lipinski definition) is 3. The Kier molecular flexibility index (Phi) is 3.72. The Morgan fingerprint density at radius 1 is 1.58 bits per heavy atom. The number of carbonyl (C=O) groups is 2. The molecule has 1 N–H and O–H groups in total. The predicted octanol–water partition coefficient (Wildman–Crippen LogP) is 1.39. The van der Waals surface area contributed by atoms with E-state index in [0.29, 0.717) is 0 Å². The standard InChI is InChI=1S/C13H20NO4P/c1-4-5-13-7(2)11(15)14(6-19)9(12(16)17)10(13)18-8(13)3/h6-10,19H,4-5H2,1-3H3,(H,16,17)/t7?,8?,9?,10?,13-/m1/s1. The molecule has 2 saturated heterocycles. The van der Waals surface area contributed by atoms with E-state index in [9.17, 15) is 14.7 Å². The molecule has 2 aliphatic heterocycles. The van der Waals surface area contributed by atoms with Gasteiger partial charge in [-0.2, -0.15) is 0 Å². The van der Waals surface area contributed by atoms with E-state index in [-0.39, 0.29) is 23.3 Å². The van der Waals surface area contributed by atoms with Crippen molar-refractivity contribution in [3.05, 3.63) is 0 Å². The molecule has 2 fully saturated rings. The Bertz CT molecular complexity index is 427. The van der Waals surface area contributed by atoms with Crippen LogP contribution in [0.15, 0.2) is 0 Å². The molecule has 0 spiro atoms. The summed E-state index contributed by atoms with van der Waals surface area (Å²) in [6.45, 7) is 5.86. The molecule has 4 unspecified atom stereocenters. The van der Waals surface area contributed by atoms with Gasteiger partial charge in [-0.15, -0.1) is 8.86 Å². The van der Waals surface area contributed by atoms with Gasteiger partial charge in [0.15, 0.2) is 6.04 Å². The summed E-state index contributed by atoms with van der Waals surface area (Å²) in [4.78, 5) is 25.2. The molecule has 0 aromatic heterocycles. The second-order valence-electron chi connectivity index (χ2n) is 5.44. The van der Waals surface area contributed by atoms with Crippen LogP contribution in [0.5, 0.6) is 0 Å². The minimum atomic E-state index is -1.02. The highest BCUT2D eigenvalue weighted by molar-refractivity contribution is 7.18. The summed E-state index contributed by atoms with van der Waals surface area (Å²) < 4.78 is 5.71. The molecule has 5 atom stereocenters. The van der Waals surface area contributed by atoms with Gasteiger partial charge in [-0.1, -0.05) is 20.3 Å². The van der Waals surface area contributed by atoms with Gasteiger partial charge in [-0.3, -0.25) is 9.69 Å². The molecule has 2 heterocycles. The van der Waals surface area contributed by atoms with E-state index in [1.165, 1.54) is 10.8 Å². The van der Waals surface area contributed by atoms with E-state index in [1.54, 1.807) is 0 Å². The summed E-state index contributed by atoms with van der Waals surface area (Å²) in [6, 6.07) is -0.941. The van der Waals surface area contributed by atoms with Crippen LogP contribution in [0.2, 0.25) is 0 Å². The van der Waals surface area contributed by atoms with Crippen molar-refractivity contribution in [1.29, 1.82) is 0 Å². The molecule has 6 heteroatoms. The third-order valence-corrected chi connectivity index (χ3v) is 5.01. The lowest BCUT2D eigenvalue weighted by molar-refractivity contribution is -0.292. The van der Waals surface area contributed by atoms with Crippen molar-refractivity contribution in [2.75, 3.05) is 0 Å². The Hall–Kier alpha value is -0.930. The van der Waals surface area contributed by atoms with E-state index in [0.717, 1.165) is 12.8 Å². The van der Waals surface area contributed by atoms with Crippen LogP contribution in [0, 0.1) is 11.3 Å². The number of carboxylic acid groups (broad SMARTS) is 1. The molecular weight excluding hydrogens is 265 g/mol. The van der Waals surface area contributed by atoms with Crippen molar-refractivity contribution >= 4 is 26.7 Å². The fourth-order valence-corrected chi connectivity index (χ4v) is 4.01. The molecule has 19 heavy (non-hydrogen) atoms. The Balaban J connectivity index is 2.45. The largest absolute Gasteiger partial charge is 0.480 e. The lowest BCUT2D eigenvalue weighted by atomic mass is 9.57. The monoisotopic (exact) mass is 285 g/mol. The molecule has 106 valence electrons. The van der Waals surface area contributed by atoms with Gasteiger partial charge in [0.05, 0.1) is 12.2 Å². The number of ether oxygens (including phenoxy) is 1. The maximum Gasteiger partial charge on any atom is 0.329 e. The highest BCUT2D eigenvalue weighted by atomic mass is 31.0. The molecule has 0 radical (unpaired) electrons. The number of likely N-dealkylation sites (tertiary alicyclic amines) is 1. The highest BCUT2D eigenvalue weighted by Crippen LogP contribution is 2.55. The molecule has 0 saturated carbocycles. The Morgan fingerprint density at radius 3 is 2.63 bits per heavy atom. The zero-order chi connectivity index (χ0) is 14.4. The number of nitrogens with zero attached hydrogens (tertiary/aromatic N) is 1. The summed E-state index contributed by atoms with van der Waals surface area (Å²) in [7, 11) is 3.14. The lowest BCUT2D eigenvalue weighted by Gasteiger charge is -2.63. The van der Waals surface area contributed by atoms with Crippen molar-refractivity contribution in [2.24, 2.45) is 11.3 Å². The van der Waals surface area contributed by atoms with Crippen molar-refractivity contribution in [3.8, 4) is 0 Å². The van der Waals surface area contributed by atoms with Crippen LogP contribution in [-0.4, -0.2) is 46.1 Å². The minimum absolute atomic E-state index is 0.0740. The van der Waals surface area contributed by atoms with Crippen LogP contribution < -0.4 is 0 Å². The van der Waals surface area contributed by atoms with Gasteiger partial charge in [-0.25, -0.2) is 4.79 Å². The summed E-state index contributed by atoms with van der Waals surface area (Å²) in [6.07, 6.45) is 1.21. The van der Waals surface area contributed by atoms with Gasteiger partial charge in [0.25, 0.3) is 0 Å². The molecular formula is C13H20NO4P. The molecule has 2 rings (SSSR count). The molecule has 0 bridgehead atoms. The third kappa shape index (κ3) is 1.75. The number of aliphatic carboxylic acids is 1. The molecule has 0 aromatic carbocycles. The summed E-state index contributed by atoms with van der Waals surface area (Å²) >= 11 is 0. The summed E-state index contributed by atoms with van der Waals surface area (Å²) in [5, 5.41) is 9.42. The minimum Gasteiger partial charge on any atom is -0.480 e. The molecule has 2 aliphatic rings. The van der Waals surface area contributed by atoms with Crippen LogP contribution >= 0.6 is 8.86 Å². The Labute approximate surface area is 115 Å². The van der Waals surface area contributed by atoms with Gasteiger partial charge in [0, 0.05) is 17.3 Å².